The third kappa shape index (κ3) is 3.56. The van der Waals surface area contributed by atoms with E-state index in [4.69, 9.17) is 0 Å². The Hall–Kier alpha value is -5.48. The van der Waals surface area contributed by atoms with E-state index >= 15 is 0 Å². The van der Waals surface area contributed by atoms with Crippen molar-refractivity contribution >= 4 is 68.1 Å². The smallest absolute Gasteiger partial charge is 0.273 e. The van der Waals surface area contributed by atoms with Crippen LogP contribution in [0.25, 0.3) is 16.5 Å². The lowest BCUT2D eigenvalue weighted by Crippen LogP contribution is -2.63. The molecule has 2 aliphatic heterocycles. The van der Waals surface area contributed by atoms with Crippen molar-refractivity contribution in [1.29, 1.82) is 0 Å². The van der Waals surface area contributed by atoms with Gasteiger partial charge in [-0.15, -0.1) is 0 Å². The summed E-state index contributed by atoms with van der Waals surface area (Å²) in [6, 6.07) is 53.7. The summed E-state index contributed by atoms with van der Waals surface area (Å²) in [4.78, 5) is 5.11. The standard InChI is InChI=1S/C42H32BN3/c1-3-17-30(18-4-1)44-38-27-14-28-39-40(38)43(42-41(44)33-22-9-11-24-36(33)45(42)31-19-5-2-6-20-31)34-23-10-12-25-37(34)46(39)35-26-13-16-29-15-7-8-21-32(29)35/h1-8,10,12-21,23,25-28H,9,11,22,24H2. The van der Waals surface area contributed by atoms with Gasteiger partial charge in [0.25, 0.3) is 6.71 Å². The molecule has 0 amide bonds. The second kappa shape index (κ2) is 10.0. The monoisotopic (exact) mass is 589 g/mol. The summed E-state index contributed by atoms with van der Waals surface area (Å²) in [6.07, 6.45) is 4.65. The first-order valence-electron chi connectivity index (χ1n) is 16.5. The van der Waals surface area contributed by atoms with Crippen LogP contribution in [0, 0.1) is 0 Å². The molecule has 0 radical (unpaired) electrons. The molecule has 3 aliphatic rings. The number of aromatic nitrogens is 1. The predicted octanol–water partition coefficient (Wildman–Crippen LogP) is 8.59. The van der Waals surface area contributed by atoms with Crippen LogP contribution in [-0.2, 0) is 12.8 Å². The molecule has 218 valence electrons. The van der Waals surface area contributed by atoms with E-state index in [1.54, 1.807) is 0 Å². The number of benzene rings is 6. The molecule has 7 aromatic rings. The molecule has 3 nitrogen and oxygen atoms in total. The average Bonchev–Trinajstić information content (AvgIpc) is 3.47. The quantitative estimate of drug-likeness (QED) is 0.191. The molecule has 6 aromatic carbocycles. The zero-order valence-corrected chi connectivity index (χ0v) is 25.6. The predicted molar refractivity (Wildman–Crippen MR) is 194 cm³/mol. The van der Waals surface area contributed by atoms with Gasteiger partial charge in [-0.05, 0) is 96.1 Å². The minimum atomic E-state index is 0.0920. The van der Waals surface area contributed by atoms with Crippen molar-refractivity contribution in [3.8, 4) is 5.69 Å². The van der Waals surface area contributed by atoms with E-state index in [-0.39, 0.29) is 6.71 Å². The molecule has 0 spiro atoms. The maximum atomic E-state index is 2.65. The normalized spacial score (nSPS) is 14.5. The maximum Gasteiger partial charge on any atom is 0.273 e. The third-order valence-electron chi connectivity index (χ3n) is 10.3. The molecule has 1 aromatic heterocycles. The minimum Gasteiger partial charge on any atom is -0.323 e. The van der Waals surface area contributed by atoms with Crippen LogP contribution < -0.4 is 26.3 Å². The Bertz CT molecular complexity index is 2280. The van der Waals surface area contributed by atoms with E-state index in [0.29, 0.717) is 0 Å². The van der Waals surface area contributed by atoms with Gasteiger partial charge in [0.05, 0.1) is 11.4 Å². The van der Waals surface area contributed by atoms with Crippen molar-refractivity contribution in [2.24, 2.45) is 0 Å². The number of fused-ring (bicyclic) bond motifs is 7. The number of anilines is 6. The molecule has 3 heterocycles. The van der Waals surface area contributed by atoms with Gasteiger partial charge in [0, 0.05) is 45.1 Å². The van der Waals surface area contributed by atoms with Gasteiger partial charge >= 0.3 is 0 Å². The fraction of sp³-hybridized carbons (Fsp3) is 0.0952. The molecule has 0 fully saturated rings. The lowest BCUT2D eigenvalue weighted by Gasteiger charge is -2.44. The van der Waals surface area contributed by atoms with Crippen LogP contribution in [0.2, 0.25) is 0 Å². The van der Waals surface area contributed by atoms with E-state index in [1.165, 1.54) is 91.2 Å². The fourth-order valence-corrected chi connectivity index (χ4v) is 8.54. The van der Waals surface area contributed by atoms with Crippen molar-refractivity contribution in [2.75, 3.05) is 9.80 Å². The minimum absolute atomic E-state index is 0.0920. The fourth-order valence-electron chi connectivity index (χ4n) is 8.54. The molecule has 0 atom stereocenters. The van der Waals surface area contributed by atoms with E-state index < -0.39 is 0 Å². The van der Waals surface area contributed by atoms with Crippen LogP contribution in [0.4, 0.5) is 34.1 Å². The van der Waals surface area contributed by atoms with Gasteiger partial charge in [-0.1, -0.05) is 97.1 Å². The summed E-state index contributed by atoms with van der Waals surface area (Å²) >= 11 is 0. The molecule has 1 aliphatic carbocycles. The van der Waals surface area contributed by atoms with Crippen molar-refractivity contribution in [1.82, 2.24) is 4.57 Å². The second-order valence-electron chi connectivity index (χ2n) is 12.7. The van der Waals surface area contributed by atoms with Gasteiger partial charge in [0.15, 0.2) is 0 Å². The van der Waals surface area contributed by atoms with Crippen LogP contribution >= 0.6 is 0 Å². The molecule has 0 saturated heterocycles. The van der Waals surface area contributed by atoms with Crippen molar-refractivity contribution in [2.45, 2.75) is 25.7 Å². The molecular formula is C42H32BN3. The Morgan fingerprint density at radius 2 is 1.09 bits per heavy atom. The van der Waals surface area contributed by atoms with E-state index in [9.17, 15) is 0 Å². The second-order valence-corrected chi connectivity index (χ2v) is 12.7. The van der Waals surface area contributed by atoms with E-state index in [2.05, 4.69) is 160 Å². The average molecular weight is 590 g/mol. The highest BCUT2D eigenvalue weighted by Crippen LogP contribution is 2.48. The van der Waals surface area contributed by atoms with Crippen molar-refractivity contribution < 1.29 is 0 Å². The van der Waals surface area contributed by atoms with Crippen LogP contribution in [-0.4, -0.2) is 11.3 Å². The molecule has 0 N–H and O–H groups in total. The molecule has 4 heteroatoms. The highest BCUT2D eigenvalue weighted by atomic mass is 15.2. The van der Waals surface area contributed by atoms with E-state index in [0.717, 1.165) is 12.8 Å². The highest BCUT2D eigenvalue weighted by molar-refractivity contribution is 7.00. The Labute approximate surface area is 270 Å². The highest BCUT2D eigenvalue weighted by Gasteiger charge is 2.47. The van der Waals surface area contributed by atoms with Crippen LogP contribution in [0.3, 0.4) is 0 Å². The lowest BCUT2D eigenvalue weighted by molar-refractivity contribution is 0.664. The van der Waals surface area contributed by atoms with Gasteiger partial charge < -0.3 is 14.4 Å². The maximum absolute atomic E-state index is 2.65. The molecule has 0 saturated carbocycles. The van der Waals surface area contributed by atoms with Crippen LogP contribution in [0.15, 0.2) is 146 Å². The number of nitrogens with zero attached hydrogens (tertiary/aromatic N) is 3. The van der Waals surface area contributed by atoms with Gasteiger partial charge in [-0.2, -0.15) is 0 Å². The van der Waals surface area contributed by atoms with Gasteiger partial charge in [-0.25, -0.2) is 0 Å². The molecule has 0 unspecified atom stereocenters. The molecule has 46 heavy (non-hydrogen) atoms. The Kier molecular flexibility index (Phi) is 5.62. The van der Waals surface area contributed by atoms with Crippen LogP contribution in [0.5, 0.6) is 0 Å². The summed E-state index contributed by atoms with van der Waals surface area (Å²) in [5.74, 6) is 0. The first-order valence-corrected chi connectivity index (χ1v) is 16.5. The Balaban J connectivity index is 1.35. The number of hydrogen-bond donors (Lipinski definition) is 0. The lowest BCUT2D eigenvalue weighted by atomic mass is 9.35. The van der Waals surface area contributed by atoms with Crippen molar-refractivity contribution in [3.05, 3.63) is 157 Å². The van der Waals surface area contributed by atoms with Crippen molar-refractivity contribution in [3.63, 3.8) is 0 Å². The summed E-state index contributed by atoms with van der Waals surface area (Å²) in [5, 5.41) is 2.51. The first kappa shape index (κ1) is 25.8. The molecular weight excluding hydrogens is 557 g/mol. The van der Waals surface area contributed by atoms with Gasteiger partial charge in [-0.3, -0.25) is 0 Å². The van der Waals surface area contributed by atoms with Gasteiger partial charge in [0.1, 0.15) is 0 Å². The zero-order valence-electron chi connectivity index (χ0n) is 25.6. The first-order chi connectivity index (χ1) is 22.9. The summed E-state index contributed by atoms with van der Waals surface area (Å²) in [7, 11) is 0. The zero-order chi connectivity index (χ0) is 30.2. The SMILES string of the molecule is c1ccc(N2c3cccc4c3B(c3ccccc3N4c3cccc4ccccc34)c3c2c2c(n3-c3ccccc3)CCCC2)cc1. The Morgan fingerprint density at radius 3 is 1.93 bits per heavy atom. The summed E-state index contributed by atoms with van der Waals surface area (Å²) in [6.45, 7) is 0.0920. The number of hydrogen-bond acceptors (Lipinski definition) is 2. The van der Waals surface area contributed by atoms with E-state index in [1.807, 2.05) is 0 Å². The van der Waals surface area contributed by atoms with Gasteiger partial charge in [0.2, 0.25) is 0 Å². The van der Waals surface area contributed by atoms with Crippen LogP contribution in [0.1, 0.15) is 24.1 Å². The molecule has 0 bridgehead atoms. The molecule has 10 rings (SSSR count). The third-order valence-corrected chi connectivity index (χ3v) is 10.3. The Morgan fingerprint density at radius 1 is 0.478 bits per heavy atom. The summed E-state index contributed by atoms with van der Waals surface area (Å²) < 4.78 is 2.65. The largest absolute Gasteiger partial charge is 0.323 e. The number of rotatable bonds is 3. The topological polar surface area (TPSA) is 11.4 Å². The number of para-hydroxylation sites is 3. The summed E-state index contributed by atoms with van der Waals surface area (Å²) in [5.41, 5.74) is 16.0.